The molecule has 0 spiro atoms. The van der Waals surface area contributed by atoms with Crippen molar-refractivity contribution in [2.75, 3.05) is 12.0 Å². The molecule has 0 aromatic heterocycles. The number of benzene rings is 2. The van der Waals surface area contributed by atoms with Crippen molar-refractivity contribution >= 4 is 40.9 Å². The number of ether oxygens (including phenoxy) is 1. The van der Waals surface area contributed by atoms with Gasteiger partial charge in [-0.25, -0.2) is 0 Å². The summed E-state index contributed by atoms with van der Waals surface area (Å²) >= 11 is 5.18. The first-order valence-corrected chi connectivity index (χ1v) is 8.02. The number of nitrogens with one attached hydrogen (secondary N) is 1. The molecule has 0 aliphatic carbocycles. The van der Waals surface area contributed by atoms with E-state index in [4.69, 9.17) is 17.0 Å². The summed E-state index contributed by atoms with van der Waals surface area (Å²) in [7, 11) is 1.58. The van der Waals surface area contributed by atoms with Crippen LogP contribution in [0.1, 0.15) is 11.1 Å². The number of carbonyl (C=O) groups excluding carboxylic acids is 2. The predicted molar refractivity (Wildman–Crippen MR) is 100 cm³/mol. The highest BCUT2D eigenvalue weighted by Crippen LogP contribution is 2.23. The van der Waals surface area contributed by atoms with Crippen LogP contribution in [0.25, 0.3) is 6.08 Å². The molecule has 1 N–H and O–H groups in total. The maximum Gasteiger partial charge on any atom is 0.270 e. The molecular weight excluding hydrogens is 336 g/mol. The van der Waals surface area contributed by atoms with Crippen molar-refractivity contribution < 1.29 is 14.3 Å². The third-order valence-corrected chi connectivity index (χ3v) is 4.11. The van der Waals surface area contributed by atoms with Crippen molar-refractivity contribution in [3.63, 3.8) is 0 Å². The number of hydrogen-bond donors (Lipinski definition) is 1. The fraction of sp³-hybridized carbons (Fsp3) is 0.105. The van der Waals surface area contributed by atoms with Gasteiger partial charge in [0.05, 0.1) is 12.8 Å². The first kappa shape index (κ1) is 16.9. The second-order valence-corrected chi connectivity index (χ2v) is 5.95. The van der Waals surface area contributed by atoms with E-state index in [9.17, 15) is 9.59 Å². The van der Waals surface area contributed by atoms with Crippen molar-refractivity contribution in [2.24, 2.45) is 0 Å². The number of hydrogen-bond acceptors (Lipinski definition) is 4. The Labute approximate surface area is 150 Å². The monoisotopic (exact) mass is 352 g/mol. The highest BCUT2D eigenvalue weighted by molar-refractivity contribution is 7.80. The van der Waals surface area contributed by atoms with Crippen LogP contribution in [0.15, 0.2) is 54.1 Å². The topological polar surface area (TPSA) is 58.6 Å². The molecule has 2 amide bonds. The molecule has 1 heterocycles. The van der Waals surface area contributed by atoms with Crippen LogP contribution in [0.3, 0.4) is 0 Å². The zero-order chi connectivity index (χ0) is 18.0. The minimum atomic E-state index is -0.505. The number of amides is 2. The number of anilines is 1. The average molecular weight is 352 g/mol. The highest BCUT2D eigenvalue weighted by atomic mass is 32.1. The van der Waals surface area contributed by atoms with Crippen LogP contribution >= 0.6 is 12.2 Å². The predicted octanol–water partition coefficient (Wildman–Crippen LogP) is 2.83. The summed E-state index contributed by atoms with van der Waals surface area (Å²) in [5.74, 6) is -0.258. The van der Waals surface area contributed by atoms with E-state index in [2.05, 4.69) is 5.32 Å². The standard InChI is InChI=1S/C19H16N2O3S/c1-12-3-7-14(8-4-12)21-18(23)16(17(22)20-19(21)25)11-13-5-9-15(24-2)10-6-13/h3-11H,1-2H3,(H,20,22,25)/b16-11-. The number of methoxy groups -OCH3 is 1. The largest absolute Gasteiger partial charge is 0.497 e. The van der Waals surface area contributed by atoms with Gasteiger partial charge in [0.1, 0.15) is 11.3 Å². The Kier molecular flexibility index (Phi) is 4.63. The number of thiocarbonyl (C=S) groups is 1. The zero-order valence-electron chi connectivity index (χ0n) is 13.8. The molecule has 5 nitrogen and oxygen atoms in total. The van der Waals surface area contributed by atoms with E-state index in [1.807, 2.05) is 19.1 Å². The minimum absolute atomic E-state index is 0.0272. The first-order chi connectivity index (χ1) is 12.0. The summed E-state index contributed by atoms with van der Waals surface area (Å²) in [6, 6.07) is 14.4. The molecule has 1 aliphatic heterocycles. The first-order valence-electron chi connectivity index (χ1n) is 7.62. The molecule has 126 valence electrons. The normalized spacial score (nSPS) is 16.2. The molecule has 25 heavy (non-hydrogen) atoms. The van der Waals surface area contributed by atoms with Gasteiger partial charge in [0.25, 0.3) is 11.8 Å². The van der Waals surface area contributed by atoms with Crippen LogP contribution in [-0.4, -0.2) is 24.0 Å². The minimum Gasteiger partial charge on any atom is -0.497 e. The molecule has 3 rings (SSSR count). The van der Waals surface area contributed by atoms with Gasteiger partial charge in [-0.1, -0.05) is 29.8 Å². The Morgan fingerprint density at radius 1 is 1.04 bits per heavy atom. The number of rotatable bonds is 3. The molecule has 0 bridgehead atoms. The highest BCUT2D eigenvalue weighted by Gasteiger charge is 2.34. The van der Waals surface area contributed by atoms with Gasteiger partial charge < -0.3 is 4.74 Å². The van der Waals surface area contributed by atoms with E-state index in [-0.39, 0.29) is 10.7 Å². The second kappa shape index (κ2) is 6.86. The lowest BCUT2D eigenvalue weighted by atomic mass is 10.1. The molecule has 2 aromatic carbocycles. The molecule has 1 fully saturated rings. The summed E-state index contributed by atoms with van der Waals surface area (Å²) in [6.07, 6.45) is 1.54. The molecule has 1 aliphatic rings. The van der Waals surface area contributed by atoms with E-state index in [1.54, 1.807) is 49.6 Å². The van der Waals surface area contributed by atoms with Gasteiger partial charge in [0.2, 0.25) is 0 Å². The molecule has 2 aromatic rings. The molecule has 0 atom stereocenters. The van der Waals surface area contributed by atoms with Gasteiger partial charge in [-0.3, -0.25) is 19.8 Å². The quantitative estimate of drug-likeness (QED) is 0.524. The summed E-state index contributed by atoms with van der Waals surface area (Å²) < 4.78 is 5.11. The van der Waals surface area contributed by atoms with Crippen molar-refractivity contribution in [3.8, 4) is 5.75 Å². The Bertz CT molecular complexity index is 871. The number of nitrogens with zero attached hydrogens (tertiary/aromatic N) is 1. The smallest absolute Gasteiger partial charge is 0.270 e. The van der Waals surface area contributed by atoms with Gasteiger partial charge in [0.15, 0.2) is 5.11 Å². The molecule has 6 heteroatoms. The van der Waals surface area contributed by atoms with Crippen LogP contribution in [0.2, 0.25) is 0 Å². The molecule has 0 unspecified atom stereocenters. The van der Waals surface area contributed by atoms with Crippen LogP contribution in [0, 0.1) is 6.92 Å². The summed E-state index contributed by atoms with van der Waals surface area (Å²) in [4.78, 5) is 26.4. The molecule has 0 saturated carbocycles. The number of carbonyl (C=O) groups is 2. The summed E-state index contributed by atoms with van der Waals surface area (Å²) in [6.45, 7) is 1.96. The van der Waals surface area contributed by atoms with Gasteiger partial charge in [-0.15, -0.1) is 0 Å². The lowest BCUT2D eigenvalue weighted by molar-refractivity contribution is -0.122. The van der Waals surface area contributed by atoms with Gasteiger partial charge in [-0.2, -0.15) is 0 Å². The van der Waals surface area contributed by atoms with Crippen LogP contribution < -0.4 is 15.0 Å². The van der Waals surface area contributed by atoms with Gasteiger partial charge in [-0.05, 0) is 55.0 Å². The summed E-state index contributed by atoms with van der Waals surface area (Å²) in [5, 5.41) is 2.65. The fourth-order valence-electron chi connectivity index (χ4n) is 2.45. The summed E-state index contributed by atoms with van der Waals surface area (Å²) in [5.41, 5.74) is 2.42. The molecule has 0 radical (unpaired) electrons. The molecular formula is C19H16N2O3S. The van der Waals surface area contributed by atoms with E-state index < -0.39 is 11.8 Å². The van der Waals surface area contributed by atoms with E-state index >= 15 is 0 Å². The van der Waals surface area contributed by atoms with E-state index in [0.717, 1.165) is 11.1 Å². The van der Waals surface area contributed by atoms with Crippen LogP contribution in [0.4, 0.5) is 5.69 Å². The zero-order valence-corrected chi connectivity index (χ0v) is 14.6. The maximum absolute atomic E-state index is 12.8. The van der Waals surface area contributed by atoms with E-state index in [0.29, 0.717) is 11.4 Å². The third-order valence-electron chi connectivity index (χ3n) is 3.82. The lowest BCUT2D eigenvalue weighted by Crippen LogP contribution is -2.54. The SMILES string of the molecule is COc1ccc(/C=C2/C(=O)NC(=S)N(c3ccc(C)cc3)C2=O)cc1. The lowest BCUT2D eigenvalue weighted by Gasteiger charge is -2.29. The van der Waals surface area contributed by atoms with Crippen molar-refractivity contribution in [2.45, 2.75) is 6.92 Å². The number of aryl methyl sites for hydroxylation is 1. The van der Waals surface area contributed by atoms with E-state index in [1.165, 1.54) is 4.90 Å². The Hall–Kier alpha value is -2.99. The maximum atomic E-state index is 12.8. The van der Waals surface area contributed by atoms with Crippen molar-refractivity contribution in [1.29, 1.82) is 0 Å². The molecule has 1 saturated heterocycles. The Balaban J connectivity index is 1.97. The van der Waals surface area contributed by atoms with Crippen LogP contribution in [0.5, 0.6) is 5.75 Å². The fourth-order valence-corrected chi connectivity index (χ4v) is 2.73. The Morgan fingerprint density at radius 3 is 2.28 bits per heavy atom. The van der Waals surface area contributed by atoms with Crippen LogP contribution in [-0.2, 0) is 9.59 Å². The third kappa shape index (κ3) is 3.44. The van der Waals surface area contributed by atoms with Gasteiger partial charge in [0, 0.05) is 0 Å². The van der Waals surface area contributed by atoms with Crippen molar-refractivity contribution in [3.05, 3.63) is 65.2 Å². The van der Waals surface area contributed by atoms with Gasteiger partial charge >= 0.3 is 0 Å². The Morgan fingerprint density at radius 2 is 1.68 bits per heavy atom. The average Bonchev–Trinajstić information content (AvgIpc) is 2.60. The second-order valence-electron chi connectivity index (χ2n) is 5.57. The van der Waals surface area contributed by atoms with Crippen molar-refractivity contribution in [1.82, 2.24) is 5.32 Å².